The predicted molar refractivity (Wildman–Crippen MR) is 115 cm³/mol. The second-order valence-electron chi connectivity index (χ2n) is 8.80. The molecule has 0 N–H and O–H groups in total. The van der Waals surface area contributed by atoms with Crippen molar-refractivity contribution in [1.29, 1.82) is 0 Å². The van der Waals surface area contributed by atoms with Crippen LogP contribution in [0.2, 0.25) is 0 Å². The van der Waals surface area contributed by atoms with Crippen LogP contribution >= 0.6 is 0 Å². The van der Waals surface area contributed by atoms with E-state index in [4.69, 9.17) is 4.74 Å². The van der Waals surface area contributed by atoms with Crippen molar-refractivity contribution in [3.05, 3.63) is 29.8 Å². The van der Waals surface area contributed by atoms with Crippen LogP contribution in [0.25, 0.3) is 0 Å². The van der Waals surface area contributed by atoms with Crippen LogP contribution in [0.3, 0.4) is 0 Å². The second kappa shape index (κ2) is 12.5. The molecule has 1 aromatic carbocycles. The Bertz CT molecular complexity index is 544. The largest absolute Gasteiger partial charge is 0.494 e. The molecule has 4 heteroatoms. The van der Waals surface area contributed by atoms with E-state index in [9.17, 15) is 13.2 Å². The first kappa shape index (κ1) is 24.1. The van der Waals surface area contributed by atoms with Crippen LogP contribution in [0.1, 0.15) is 109 Å². The van der Waals surface area contributed by atoms with Crippen LogP contribution in [0, 0.1) is 0 Å². The molecule has 0 bridgehead atoms. The van der Waals surface area contributed by atoms with Crippen LogP contribution in [-0.4, -0.2) is 12.8 Å². The summed E-state index contributed by atoms with van der Waals surface area (Å²) in [4.78, 5) is 0. The van der Waals surface area contributed by atoms with Gasteiger partial charge in [-0.1, -0.05) is 83.3 Å². The third-order valence-corrected chi connectivity index (χ3v) is 6.43. The van der Waals surface area contributed by atoms with E-state index in [0.717, 1.165) is 49.8 Å². The number of alkyl halides is 3. The van der Waals surface area contributed by atoms with Gasteiger partial charge in [-0.3, -0.25) is 0 Å². The zero-order chi connectivity index (χ0) is 21.0. The molecule has 0 unspecified atom stereocenters. The highest BCUT2D eigenvalue weighted by atomic mass is 19.4. The Morgan fingerprint density at radius 2 is 1.41 bits per heavy atom. The molecule has 1 nitrogen and oxygen atoms in total. The zero-order valence-electron chi connectivity index (χ0n) is 18.2. The number of ether oxygens (including phenoxy) is 1. The molecule has 0 aliphatic heterocycles. The highest BCUT2D eigenvalue weighted by molar-refractivity contribution is 5.33. The lowest BCUT2D eigenvalue weighted by Gasteiger charge is -2.38. The van der Waals surface area contributed by atoms with E-state index in [1.807, 2.05) is 24.3 Å². The van der Waals surface area contributed by atoms with E-state index in [-0.39, 0.29) is 11.8 Å². The lowest BCUT2D eigenvalue weighted by atomic mass is 9.67. The predicted octanol–water partition coefficient (Wildman–Crippen LogP) is 8.75. The number of rotatable bonds is 13. The van der Waals surface area contributed by atoms with Crippen molar-refractivity contribution >= 4 is 0 Å². The Morgan fingerprint density at radius 1 is 0.828 bits per heavy atom. The van der Waals surface area contributed by atoms with Crippen molar-refractivity contribution in [3.8, 4) is 5.75 Å². The van der Waals surface area contributed by atoms with Gasteiger partial charge < -0.3 is 4.74 Å². The van der Waals surface area contributed by atoms with Gasteiger partial charge in [0.15, 0.2) is 0 Å². The Kier molecular flexibility index (Phi) is 10.4. The maximum absolute atomic E-state index is 12.8. The molecular weight excluding hydrogens is 373 g/mol. The fourth-order valence-electron chi connectivity index (χ4n) is 4.62. The third-order valence-electron chi connectivity index (χ3n) is 6.43. The van der Waals surface area contributed by atoms with Gasteiger partial charge in [0.05, 0.1) is 6.61 Å². The lowest BCUT2D eigenvalue weighted by Crippen LogP contribution is -2.30. The SMILES string of the molecule is CCCCCCCCCCOc1ccc(C2(CCC(F)(F)F)CCCCC2)cc1. The number of benzene rings is 1. The van der Waals surface area contributed by atoms with Gasteiger partial charge in [0, 0.05) is 6.42 Å². The molecule has 166 valence electrons. The summed E-state index contributed by atoms with van der Waals surface area (Å²) in [6, 6.07) is 7.91. The molecule has 0 spiro atoms. The summed E-state index contributed by atoms with van der Waals surface area (Å²) in [6.45, 7) is 2.95. The standard InChI is InChI=1S/C25H39F3O/c1-2-3-4-5-6-7-8-12-21-29-23-15-13-22(14-16-23)24(17-10-9-11-18-24)19-20-25(26,27)28/h13-16H,2-12,17-21H2,1H3. The molecule has 29 heavy (non-hydrogen) atoms. The molecule has 1 fully saturated rings. The summed E-state index contributed by atoms with van der Waals surface area (Å²) in [6.07, 6.45) is 10.5. The number of halogens is 3. The fourth-order valence-corrected chi connectivity index (χ4v) is 4.62. The van der Waals surface area contributed by atoms with Gasteiger partial charge in [-0.05, 0) is 48.8 Å². The molecule has 0 amide bonds. The summed E-state index contributed by atoms with van der Waals surface area (Å²) in [5.41, 5.74) is 0.741. The number of hydrogen-bond acceptors (Lipinski definition) is 1. The van der Waals surface area contributed by atoms with Crippen molar-refractivity contribution < 1.29 is 17.9 Å². The first-order valence-electron chi connectivity index (χ1n) is 11.8. The highest BCUT2D eigenvalue weighted by Gasteiger charge is 2.38. The molecule has 0 heterocycles. The monoisotopic (exact) mass is 412 g/mol. The van der Waals surface area contributed by atoms with E-state index in [0.29, 0.717) is 6.61 Å². The topological polar surface area (TPSA) is 9.23 Å². The maximum atomic E-state index is 12.8. The molecule has 0 atom stereocenters. The summed E-state index contributed by atoms with van der Waals surface area (Å²) in [5.74, 6) is 0.832. The van der Waals surface area contributed by atoms with Gasteiger partial charge in [-0.25, -0.2) is 0 Å². The minimum atomic E-state index is -4.08. The Hall–Kier alpha value is -1.19. The quantitative estimate of drug-likeness (QED) is 0.294. The molecule has 0 saturated heterocycles. The number of hydrogen-bond donors (Lipinski definition) is 0. The van der Waals surface area contributed by atoms with E-state index in [2.05, 4.69) is 6.92 Å². The fraction of sp³-hybridized carbons (Fsp3) is 0.760. The summed E-state index contributed by atoms with van der Waals surface area (Å²) in [5, 5.41) is 0. The zero-order valence-corrected chi connectivity index (χ0v) is 18.2. The minimum Gasteiger partial charge on any atom is -0.494 e. The van der Waals surface area contributed by atoms with Gasteiger partial charge in [-0.15, -0.1) is 0 Å². The second-order valence-corrected chi connectivity index (χ2v) is 8.80. The Labute approximate surface area is 175 Å². The van der Waals surface area contributed by atoms with Crippen molar-refractivity contribution in [2.45, 2.75) is 115 Å². The summed E-state index contributed by atoms with van der Waals surface area (Å²) in [7, 11) is 0. The highest BCUT2D eigenvalue weighted by Crippen LogP contribution is 2.45. The first-order chi connectivity index (χ1) is 14.0. The average molecular weight is 413 g/mol. The van der Waals surface area contributed by atoms with Gasteiger partial charge in [0.25, 0.3) is 0 Å². The van der Waals surface area contributed by atoms with E-state index < -0.39 is 12.6 Å². The lowest BCUT2D eigenvalue weighted by molar-refractivity contribution is -0.139. The Morgan fingerprint density at radius 3 is 2.00 bits per heavy atom. The molecule has 1 aromatic rings. The van der Waals surface area contributed by atoms with Crippen molar-refractivity contribution in [2.75, 3.05) is 6.61 Å². The van der Waals surface area contributed by atoms with E-state index >= 15 is 0 Å². The molecular formula is C25H39F3O. The van der Waals surface area contributed by atoms with Crippen molar-refractivity contribution in [1.82, 2.24) is 0 Å². The van der Waals surface area contributed by atoms with Crippen molar-refractivity contribution in [3.63, 3.8) is 0 Å². The van der Waals surface area contributed by atoms with Gasteiger partial charge in [0.2, 0.25) is 0 Å². The molecule has 2 rings (SSSR count). The summed E-state index contributed by atoms with van der Waals surface area (Å²) >= 11 is 0. The number of unbranched alkanes of at least 4 members (excludes halogenated alkanes) is 7. The van der Waals surface area contributed by atoms with E-state index in [1.54, 1.807) is 0 Å². The molecule has 0 radical (unpaired) electrons. The Balaban J connectivity index is 1.77. The molecule has 1 aliphatic rings. The molecule has 1 saturated carbocycles. The smallest absolute Gasteiger partial charge is 0.389 e. The van der Waals surface area contributed by atoms with Gasteiger partial charge >= 0.3 is 6.18 Å². The summed E-state index contributed by atoms with van der Waals surface area (Å²) < 4.78 is 44.4. The minimum absolute atomic E-state index is 0.203. The first-order valence-corrected chi connectivity index (χ1v) is 11.8. The van der Waals surface area contributed by atoms with E-state index in [1.165, 1.54) is 44.9 Å². The van der Waals surface area contributed by atoms with Crippen LogP contribution < -0.4 is 4.74 Å². The molecule has 1 aliphatic carbocycles. The maximum Gasteiger partial charge on any atom is 0.389 e. The van der Waals surface area contributed by atoms with Crippen LogP contribution in [0.15, 0.2) is 24.3 Å². The molecule has 0 aromatic heterocycles. The van der Waals surface area contributed by atoms with Gasteiger partial charge in [0.1, 0.15) is 5.75 Å². The van der Waals surface area contributed by atoms with Crippen LogP contribution in [0.4, 0.5) is 13.2 Å². The van der Waals surface area contributed by atoms with Crippen LogP contribution in [-0.2, 0) is 5.41 Å². The average Bonchev–Trinajstić information content (AvgIpc) is 2.72. The third kappa shape index (κ3) is 9.00. The normalized spacial score (nSPS) is 16.7. The van der Waals surface area contributed by atoms with Gasteiger partial charge in [-0.2, -0.15) is 13.2 Å². The van der Waals surface area contributed by atoms with Crippen molar-refractivity contribution in [2.24, 2.45) is 0 Å². The van der Waals surface area contributed by atoms with Crippen LogP contribution in [0.5, 0.6) is 5.75 Å².